The smallest absolute Gasteiger partial charge is 0.123 e. The fourth-order valence-electron chi connectivity index (χ4n) is 2.28. The van der Waals surface area contributed by atoms with Crippen molar-refractivity contribution in [3.63, 3.8) is 0 Å². The van der Waals surface area contributed by atoms with Crippen LogP contribution < -0.4 is 5.73 Å². The maximum Gasteiger partial charge on any atom is 0.123 e. The van der Waals surface area contributed by atoms with Gasteiger partial charge in [-0.25, -0.2) is 4.39 Å². The molecule has 2 N–H and O–H groups in total. The summed E-state index contributed by atoms with van der Waals surface area (Å²) in [6.07, 6.45) is 0. The molecule has 2 rings (SSSR count). The molecule has 0 bridgehead atoms. The standard InChI is InChI=1S/C17H18FN3/c18-17-7-6-15(11-20)16(10-17)13-21(9-8-19)12-14-4-2-1-3-5-14/h1-7,10H,8-9,12-13,19H2. The molecule has 0 fully saturated rings. The molecule has 2 aromatic rings. The fourth-order valence-corrected chi connectivity index (χ4v) is 2.28. The Morgan fingerprint density at radius 2 is 1.86 bits per heavy atom. The van der Waals surface area contributed by atoms with Crippen LogP contribution in [0.25, 0.3) is 0 Å². The largest absolute Gasteiger partial charge is 0.329 e. The molecular weight excluding hydrogens is 265 g/mol. The average Bonchev–Trinajstić information content (AvgIpc) is 2.49. The normalized spacial score (nSPS) is 10.6. The van der Waals surface area contributed by atoms with Gasteiger partial charge in [0.2, 0.25) is 0 Å². The zero-order valence-electron chi connectivity index (χ0n) is 11.8. The third-order valence-corrected chi connectivity index (χ3v) is 3.28. The van der Waals surface area contributed by atoms with Crippen molar-refractivity contribution in [3.05, 3.63) is 71.0 Å². The van der Waals surface area contributed by atoms with E-state index in [0.29, 0.717) is 30.8 Å². The SMILES string of the molecule is N#Cc1ccc(F)cc1CN(CCN)Cc1ccccc1. The molecule has 0 atom stereocenters. The Bertz CT molecular complexity index is 620. The maximum absolute atomic E-state index is 13.4. The van der Waals surface area contributed by atoms with Crippen LogP contribution in [0.2, 0.25) is 0 Å². The van der Waals surface area contributed by atoms with E-state index >= 15 is 0 Å². The second kappa shape index (κ2) is 7.53. The van der Waals surface area contributed by atoms with Gasteiger partial charge in [0.15, 0.2) is 0 Å². The highest BCUT2D eigenvalue weighted by molar-refractivity contribution is 5.37. The van der Waals surface area contributed by atoms with E-state index in [0.717, 1.165) is 6.54 Å². The van der Waals surface area contributed by atoms with Gasteiger partial charge in [-0.15, -0.1) is 0 Å². The minimum atomic E-state index is -0.323. The zero-order valence-corrected chi connectivity index (χ0v) is 11.8. The summed E-state index contributed by atoms with van der Waals surface area (Å²) in [5.74, 6) is -0.323. The molecule has 0 heterocycles. The fraction of sp³-hybridized carbons (Fsp3) is 0.235. The van der Waals surface area contributed by atoms with Gasteiger partial charge < -0.3 is 5.73 Å². The summed E-state index contributed by atoms with van der Waals surface area (Å²) in [6.45, 7) is 2.44. The summed E-state index contributed by atoms with van der Waals surface area (Å²) >= 11 is 0. The van der Waals surface area contributed by atoms with Crippen LogP contribution in [-0.2, 0) is 13.1 Å². The highest BCUT2D eigenvalue weighted by atomic mass is 19.1. The van der Waals surface area contributed by atoms with E-state index in [-0.39, 0.29) is 5.82 Å². The first kappa shape index (κ1) is 15.2. The molecule has 3 nitrogen and oxygen atoms in total. The van der Waals surface area contributed by atoms with Crippen LogP contribution in [0.1, 0.15) is 16.7 Å². The summed E-state index contributed by atoms with van der Waals surface area (Å²) in [7, 11) is 0. The van der Waals surface area contributed by atoms with E-state index in [2.05, 4.69) is 11.0 Å². The van der Waals surface area contributed by atoms with Crippen molar-refractivity contribution in [1.29, 1.82) is 5.26 Å². The van der Waals surface area contributed by atoms with Crippen molar-refractivity contribution < 1.29 is 4.39 Å². The number of hydrogen-bond donors (Lipinski definition) is 1. The predicted molar refractivity (Wildman–Crippen MR) is 80.7 cm³/mol. The third-order valence-electron chi connectivity index (χ3n) is 3.28. The monoisotopic (exact) mass is 283 g/mol. The summed E-state index contributed by atoms with van der Waals surface area (Å²) in [5.41, 5.74) is 8.03. The molecule has 4 heteroatoms. The topological polar surface area (TPSA) is 53.0 Å². The minimum absolute atomic E-state index is 0.323. The summed E-state index contributed by atoms with van der Waals surface area (Å²) < 4.78 is 13.4. The number of nitriles is 1. The van der Waals surface area contributed by atoms with Gasteiger partial charge in [-0.3, -0.25) is 4.90 Å². The minimum Gasteiger partial charge on any atom is -0.329 e. The first-order chi connectivity index (χ1) is 10.2. The van der Waals surface area contributed by atoms with E-state index in [1.165, 1.54) is 23.8 Å². The molecule has 0 aliphatic carbocycles. The lowest BCUT2D eigenvalue weighted by molar-refractivity contribution is 0.264. The van der Waals surface area contributed by atoms with E-state index in [1.54, 1.807) is 0 Å². The first-order valence-corrected chi connectivity index (χ1v) is 6.88. The second-order valence-electron chi connectivity index (χ2n) is 4.90. The van der Waals surface area contributed by atoms with Crippen LogP contribution in [0.15, 0.2) is 48.5 Å². The van der Waals surface area contributed by atoms with Gasteiger partial charge in [-0.05, 0) is 29.3 Å². The third kappa shape index (κ3) is 4.38. The highest BCUT2D eigenvalue weighted by Crippen LogP contribution is 2.15. The lowest BCUT2D eigenvalue weighted by atomic mass is 10.1. The van der Waals surface area contributed by atoms with Gasteiger partial charge in [-0.1, -0.05) is 30.3 Å². The van der Waals surface area contributed by atoms with Crippen LogP contribution >= 0.6 is 0 Å². The Kier molecular flexibility index (Phi) is 5.44. The van der Waals surface area contributed by atoms with Crippen LogP contribution in [0, 0.1) is 17.1 Å². The molecular formula is C17H18FN3. The van der Waals surface area contributed by atoms with Crippen molar-refractivity contribution in [2.75, 3.05) is 13.1 Å². The number of halogens is 1. The molecule has 0 saturated carbocycles. The molecule has 0 radical (unpaired) electrons. The predicted octanol–water partition coefficient (Wildman–Crippen LogP) is 2.66. The lowest BCUT2D eigenvalue weighted by Gasteiger charge is -2.22. The van der Waals surface area contributed by atoms with Crippen LogP contribution in [-0.4, -0.2) is 18.0 Å². The molecule has 108 valence electrons. The van der Waals surface area contributed by atoms with Gasteiger partial charge in [-0.2, -0.15) is 5.26 Å². The van der Waals surface area contributed by atoms with Crippen molar-refractivity contribution in [3.8, 4) is 6.07 Å². The Morgan fingerprint density at radius 1 is 1.10 bits per heavy atom. The summed E-state index contributed by atoms with van der Waals surface area (Å²) in [6, 6.07) is 16.4. The van der Waals surface area contributed by atoms with Crippen LogP contribution in [0.3, 0.4) is 0 Å². The van der Waals surface area contributed by atoms with Gasteiger partial charge in [0, 0.05) is 26.2 Å². The second-order valence-corrected chi connectivity index (χ2v) is 4.90. The highest BCUT2D eigenvalue weighted by Gasteiger charge is 2.10. The molecule has 0 aliphatic rings. The van der Waals surface area contributed by atoms with Gasteiger partial charge in [0.25, 0.3) is 0 Å². The lowest BCUT2D eigenvalue weighted by Crippen LogP contribution is -2.29. The van der Waals surface area contributed by atoms with Crippen molar-refractivity contribution in [2.24, 2.45) is 5.73 Å². The van der Waals surface area contributed by atoms with Crippen LogP contribution in [0.5, 0.6) is 0 Å². The first-order valence-electron chi connectivity index (χ1n) is 6.88. The maximum atomic E-state index is 13.4. The van der Waals surface area contributed by atoms with Crippen molar-refractivity contribution in [2.45, 2.75) is 13.1 Å². The average molecular weight is 283 g/mol. The number of rotatable bonds is 6. The number of benzene rings is 2. The van der Waals surface area contributed by atoms with Crippen molar-refractivity contribution >= 4 is 0 Å². The summed E-state index contributed by atoms with van der Waals surface area (Å²) in [4.78, 5) is 2.12. The quantitative estimate of drug-likeness (QED) is 0.886. The molecule has 0 spiro atoms. The molecule has 0 saturated heterocycles. The Balaban J connectivity index is 2.16. The van der Waals surface area contributed by atoms with E-state index in [4.69, 9.17) is 11.0 Å². The van der Waals surface area contributed by atoms with Gasteiger partial charge in [0.05, 0.1) is 11.6 Å². The number of nitrogens with zero attached hydrogens (tertiary/aromatic N) is 2. The molecule has 21 heavy (non-hydrogen) atoms. The molecule has 0 amide bonds. The van der Waals surface area contributed by atoms with Gasteiger partial charge in [0.1, 0.15) is 5.82 Å². The number of nitrogens with two attached hydrogens (primary N) is 1. The Labute approximate surface area is 124 Å². The van der Waals surface area contributed by atoms with Crippen molar-refractivity contribution in [1.82, 2.24) is 4.90 Å². The molecule has 0 aliphatic heterocycles. The van der Waals surface area contributed by atoms with E-state index in [9.17, 15) is 4.39 Å². The molecule has 0 unspecified atom stereocenters. The van der Waals surface area contributed by atoms with E-state index < -0.39 is 0 Å². The van der Waals surface area contributed by atoms with E-state index in [1.807, 2.05) is 30.3 Å². The van der Waals surface area contributed by atoms with Gasteiger partial charge >= 0.3 is 0 Å². The molecule has 2 aromatic carbocycles. The van der Waals surface area contributed by atoms with Crippen LogP contribution in [0.4, 0.5) is 4.39 Å². The molecule has 0 aromatic heterocycles. The Hall–Kier alpha value is -2.22. The summed E-state index contributed by atoms with van der Waals surface area (Å²) in [5, 5.41) is 9.13. The number of hydrogen-bond acceptors (Lipinski definition) is 3. The zero-order chi connectivity index (χ0) is 15.1. The Morgan fingerprint density at radius 3 is 2.52 bits per heavy atom.